The number of fused-ring (bicyclic) bond motifs is 1. The van der Waals surface area contributed by atoms with Crippen molar-refractivity contribution in [3.63, 3.8) is 0 Å². The van der Waals surface area contributed by atoms with E-state index >= 15 is 0 Å². The van der Waals surface area contributed by atoms with Gasteiger partial charge in [0.2, 0.25) is 11.8 Å². The van der Waals surface area contributed by atoms with Crippen LogP contribution in [0.1, 0.15) is 38.8 Å². The van der Waals surface area contributed by atoms with E-state index < -0.39 is 0 Å². The Morgan fingerprint density at radius 1 is 1.26 bits per heavy atom. The highest BCUT2D eigenvalue weighted by Gasteiger charge is 2.40. The monoisotopic (exact) mass is 424 g/mol. The third kappa shape index (κ3) is 4.19. The molecule has 0 aliphatic carbocycles. The molecule has 2 aromatic rings. The quantitative estimate of drug-likeness (QED) is 0.786. The zero-order valence-corrected chi connectivity index (χ0v) is 18.8. The Morgan fingerprint density at radius 2 is 2.03 bits per heavy atom. The van der Waals surface area contributed by atoms with Crippen molar-refractivity contribution in [1.29, 1.82) is 0 Å². The number of hydrogen-bond donors (Lipinski definition) is 1. The van der Waals surface area contributed by atoms with E-state index in [4.69, 9.17) is 9.47 Å². The molecule has 3 atom stereocenters. The number of hydrogen-bond acceptors (Lipinski definition) is 6. The van der Waals surface area contributed by atoms with Crippen molar-refractivity contribution in [2.24, 2.45) is 5.92 Å². The van der Waals surface area contributed by atoms with E-state index in [-0.39, 0.29) is 23.9 Å². The summed E-state index contributed by atoms with van der Waals surface area (Å²) in [5, 5.41) is 3.64. The van der Waals surface area contributed by atoms with Gasteiger partial charge in [0, 0.05) is 55.0 Å². The number of nitrogens with zero attached hydrogens (tertiary/aromatic N) is 3. The molecule has 1 fully saturated rings. The molecule has 1 aromatic carbocycles. The number of ether oxygens (including phenoxy) is 2. The van der Waals surface area contributed by atoms with E-state index in [0.29, 0.717) is 5.88 Å². The van der Waals surface area contributed by atoms with Crippen LogP contribution in [0, 0.1) is 5.92 Å². The maximum absolute atomic E-state index is 12.7. The van der Waals surface area contributed by atoms with Crippen LogP contribution in [0.15, 0.2) is 36.4 Å². The zero-order valence-electron chi connectivity index (χ0n) is 18.8. The van der Waals surface area contributed by atoms with Crippen molar-refractivity contribution >= 4 is 23.1 Å². The highest BCUT2D eigenvalue weighted by molar-refractivity contribution is 5.94. The Hall–Kier alpha value is -2.80. The maximum Gasteiger partial charge on any atom is 0.224 e. The average Bonchev–Trinajstić information content (AvgIpc) is 2.80. The lowest BCUT2D eigenvalue weighted by Crippen LogP contribution is -2.49. The highest BCUT2D eigenvalue weighted by Crippen LogP contribution is 2.45. The number of methoxy groups -OCH3 is 1. The molecule has 1 aromatic heterocycles. The molecule has 0 saturated carbocycles. The predicted octanol–water partition coefficient (Wildman–Crippen LogP) is 3.86. The van der Waals surface area contributed by atoms with Crippen LogP contribution < -0.4 is 19.9 Å². The van der Waals surface area contributed by atoms with Crippen molar-refractivity contribution in [2.75, 3.05) is 48.5 Å². The molecular weight excluding hydrogens is 392 g/mol. The first-order chi connectivity index (χ1) is 15.0. The lowest BCUT2D eigenvalue weighted by Gasteiger charge is -2.45. The van der Waals surface area contributed by atoms with E-state index in [0.717, 1.165) is 55.5 Å². The van der Waals surface area contributed by atoms with Crippen LogP contribution in [0.25, 0.3) is 0 Å². The standard InChI is InChI=1S/C24H32N4O3/c1-5-20-16(2)24(26-22-7-6-8-23(25-22)30-4)19-15-18(27-11-13-31-14-12-27)9-10-21(19)28(20)17(3)29/h6-10,15-16,20,24H,5,11-14H2,1-4H3,(H,25,26)/t16-,20?,24?/m0/s1. The summed E-state index contributed by atoms with van der Waals surface area (Å²) in [6, 6.07) is 12.3. The van der Waals surface area contributed by atoms with Gasteiger partial charge in [0.15, 0.2) is 0 Å². The molecule has 31 heavy (non-hydrogen) atoms. The molecule has 0 radical (unpaired) electrons. The Balaban J connectivity index is 1.77. The minimum absolute atomic E-state index is 0.0242. The molecular formula is C24H32N4O3. The number of amides is 1. The van der Waals surface area contributed by atoms with Gasteiger partial charge in [-0.25, -0.2) is 0 Å². The SMILES string of the molecule is CCC1[C@H](C)C(Nc2cccc(OC)n2)c2cc(N3CCOCC3)ccc2N1C(C)=O. The number of rotatable bonds is 5. The minimum atomic E-state index is 0.0242. The fraction of sp³-hybridized carbons (Fsp3) is 0.500. The van der Waals surface area contributed by atoms with Crippen molar-refractivity contribution in [3.8, 4) is 5.88 Å². The van der Waals surface area contributed by atoms with Gasteiger partial charge in [-0.05, 0) is 30.7 Å². The van der Waals surface area contributed by atoms with Crippen LogP contribution in [0.2, 0.25) is 0 Å². The number of nitrogens with one attached hydrogen (secondary N) is 1. The summed E-state index contributed by atoms with van der Waals surface area (Å²) >= 11 is 0. The number of aromatic nitrogens is 1. The largest absolute Gasteiger partial charge is 0.481 e. The molecule has 7 heteroatoms. The van der Waals surface area contributed by atoms with E-state index in [1.807, 2.05) is 23.1 Å². The summed E-state index contributed by atoms with van der Waals surface area (Å²) < 4.78 is 10.8. The van der Waals surface area contributed by atoms with Crippen LogP contribution in [0.4, 0.5) is 17.2 Å². The molecule has 0 bridgehead atoms. The summed E-state index contributed by atoms with van der Waals surface area (Å²) in [6.45, 7) is 9.24. The lowest BCUT2D eigenvalue weighted by molar-refractivity contribution is -0.117. The molecule has 1 N–H and O–H groups in total. The first-order valence-electron chi connectivity index (χ1n) is 11.1. The van der Waals surface area contributed by atoms with Gasteiger partial charge >= 0.3 is 0 Å². The second kappa shape index (κ2) is 9.14. The molecule has 2 aliphatic heterocycles. The summed E-state index contributed by atoms with van der Waals surface area (Å²) in [5.74, 6) is 1.63. The van der Waals surface area contributed by atoms with Crippen molar-refractivity contribution < 1.29 is 14.3 Å². The number of carbonyl (C=O) groups is 1. The maximum atomic E-state index is 12.7. The summed E-state index contributed by atoms with van der Waals surface area (Å²) in [6.07, 6.45) is 0.884. The number of carbonyl (C=O) groups excluding carboxylic acids is 1. The highest BCUT2D eigenvalue weighted by atomic mass is 16.5. The van der Waals surface area contributed by atoms with Gasteiger partial charge < -0.3 is 24.6 Å². The van der Waals surface area contributed by atoms with Crippen molar-refractivity contribution in [1.82, 2.24) is 4.98 Å². The lowest BCUT2D eigenvalue weighted by atomic mass is 9.80. The molecule has 4 rings (SSSR count). The van der Waals surface area contributed by atoms with E-state index in [1.54, 1.807) is 14.0 Å². The van der Waals surface area contributed by atoms with E-state index in [9.17, 15) is 4.79 Å². The Morgan fingerprint density at radius 3 is 2.71 bits per heavy atom. The van der Waals surface area contributed by atoms with Crippen LogP contribution in [0.5, 0.6) is 5.88 Å². The first-order valence-corrected chi connectivity index (χ1v) is 11.1. The first kappa shape index (κ1) is 21.4. The molecule has 2 aliphatic rings. The van der Waals surface area contributed by atoms with Crippen LogP contribution in [-0.4, -0.2) is 50.3 Å². The van der Waals surface area contributed by atoms with Crippen molar-refractivity contribution in [3.05, 3.63) is 42.0 Å². The van der Waals surface area contributed by atoms with Crippen LogP contribution in [-0.2, 0) is 9.53 Å². The van der Waals surface area contributed by atoms with E-state index in [2.05, 4.69) is 47.2 Å². The number of benzene rings is 1. The molecule has 7 nitrogen and oxygen atoms in total. The summed E-state index contributed by atoms with van der Waals surface area (Å²) in [7, 11) is 1.62. The van der Waals surface area contributed by atoms with Gasteiger partial charge in [0.25, 0.3) is 0 Å². The second-order valence-corrected chi connectivity index (χ2v) is 8.25. The predicted molar refractivity (Wildman–Crippen MR) is 123 cm³/mol. The van der Waals surface area contributed by atoms with Gasteiger partial charge in [-0.3, -0.25) is 4.79 Å². The molecule has 166 valence electrons. The topological polar surface area (TPSA) is 66.9 Å². The summed E-state index contributed by atoms with van der Waals surface area (Å²) in [5.41, 5.74) is 3.27. The molecule has 3 heterocycles. The molecule has 0 spiro atoms. The smallest absolute Gasteiger partial charge is 0.224 e. The molecule has 1 saturated heterocycles. The zero-order chi connectivity index (χ0) is 22.0. The normalized spacial score (nSPS) is 23.3. The number of morpholine rings is 1. The third-order valence-electron chi connectivity index (χ3n) is 6.44. The Kier molecular flexibility index (Phi) is 6.32. The number of pyridine rings is 1. The minimum Gasteiger partial charge on any atom is -0.481 e. The van der Waals surface area contributed by atoms with Crippen molar-refractivity contribution in [2.45, 2.75) is 39.3 Å². The van der Waals surface area contributed by atoms with Crippen LogP contribution in [0.3, 0.4) is 0 Å². The Labute approximate surface area is 184 Å². The van der Waals surface area contributed by atoms with Gasteiger partial charge in [-0.15, -0.1) is 0 Å². The second-order valence-electron chi connectivity index (χ2n) is 8.25. The fourth-order valence-electron chi connectivity index (χ4n) is 4.88. The fourth-order valence-corrected chi connectivity index (χ4v) is 4.88. The summed E-state index contributed by atoms with van der Waals surface area (Å²) in [4.78, 5) is 21.5. The third-order valence-corrected chi connectivity index (χ3v) is 6.44. The molecule has 2 unspecified atom stereocenters. The average molecular weight is 425 g/mol. The number of anilines is 3. The van der Waals surface area contributed by atoms with Gasteiger partial charge in [0.05, 0.1) is 26.4 Å². The van der Waals surface area contributed by atoms with E-state index in [1.165, 1.54) is 0 Å². The van der Waals surface area contributed by atoms with Gasteiger partial charge in [-0.2, -0.15) is 4.98 Å². The molecule has 1 amide bonds. The Bertz CT molecular complexity index is 929. The van der Waals surface area contributed by atoms with Crippen LogP contribution >= 0.6 is 0 Å². The van der Waals surface area contributed by atoms with Gasteiger partial charge in [0.1, 0.15) is 5.82 Å². The van der Waals surface area contributed by atoms with Gasteiger partial charge in [-0.1, -0.05) is 19.9 Å².